The Balaban J connectivity index is 1.82. The Bertz CT molecular complexity index is 1380. The van der Waals surface area contributed by atoms with E-state index in [1.807, 2.05) is 6.92 Å². The molecule has 3 aromatic rings. The molecule has 1 aliphatic rings. The van der Waals surface area contributed by atoms with Gasteiger partial charge in [0, 0.05) is 12.1 Å². The van der Waals surface area contributed by atoms with Crippen LogP contribution >= 0.6 is 11.6 Å². The van der Waals surface area contributed by atoms with Crippen LogP contribution in [0.15, 0.2) is 72.3 Å². The predicted octanol–water partition coefficient (Wildman–Crippen LogP) is 4.85. The third-order valence-corrected chi connectivity index (χ3v) is 6.31. The number of ether oxygens (including phenoxy) is 2. The van der Waals surface area contributed by atoms with E-state index in [1.165, 1.54) is 36.3 Å². The fourth-order valence-corrected chi connectivity index (χ4v) is 4.40. The van der Waals surface area contributed by atoms with Crippen molar-refractivity contribution in [3.05, 3.63) is 99.6 Å². The van der Waals surface area contributed by atoms with Crippen LogP contribution in [-0.2, 0) is 20.9 Å². The maximum Gasteiger partial charge on any atom is 0.337 e. The number of nitrogens with zero attached hydrogens (tertiary/aromatic N) is 1. The molecule has 1 heterocycles. The van der Waals surface area contributed by atoms with Gasteiger partial charge in [-0.3, -0.25) is 9.59 Å². The quantitative estimate of drug-likeness (QED) is 0.198. The third kappa shape index (κ3) is 5.15. The van der Waals surface area contributed by atoms with Gasteiger partial charge < -0.3 is 24.6 Å². The number of aromatic hydroxyl groups is 1. The summed E-state index contributed by atoms with van der Waals surface area (Å²) in [4.78, 5) is 39.6. The van der Waals surface area contributed by atoms with Crippen LogP contribution in [0, 0.1) is 0 Å². The predicted molar refractivity (Wildman–Crippen MR) is 136 cm³/mol. The lowest BCUT2D eigenvalue weighted by Crippen LogP contribution is -2.29. The SMILES string of the molecule is CCOc1ccc(Cl)c(/C(O)=C2\C(=O)C(=O)N(Cc3ccc(C(=O)OC)cc3)C2c2ccc(O)cc2)c1. The summed E-state index contributed by atoms with van der Waals surface area (Å²) in [6, 6.07) is 16.2. The van der Waals surface area contributed by atoms with E-state index < -0.39 is 29.5 Å². The lowest BCUT2D eigenvalue weighted by atomic mass is 9.95. The van der Waals surface area contributed by atoms with Crippen molar-refractivity contribution in [1.82, 2.24) is 4.90 Å². The summed E-state index contributed by atoms with van der Waals surface area (Å²) in [7, 11) is 1.28. The van der Waals surface area contributed by atoms with Crippen LogP contribution in [0.3, 0.4) is 0 Å². The van der Waals surface area contributed by atoms with Gasteiger partial charge in [0.15, 0.2) is 0 Å². The molecule has 2 N–H and O–H groups in total. The number of esters is 1. The molecule has 0 saturated carbocycles. The molecule has 1 unspecified atom stereocenters. The van der Waals surface area contributed by atoms with Gasteiger partial charge in [-0.15, -0.1) is 0 Å². The number of amides is 1. The smallest absolute Gasteiger partial charge is 0.337 e. The summed E-state index contributed by atoms with van der Waals surface area (Å²) in [5.74, 6) is -2.18. The summed E-state index contributed by atoms with van der Waals surface area (Å²) in [6.07, 6.45) is 0. The maximum atomic E-state index is 13.3. The molecule has 1 aliphatic heterocycles. The van der Waals surface area contributed by atoms with Gasteiger partial charge in [-0.2, -0.15) is 0 Å². The number of benzene rings is 3. The second-order valence-corrected chi connectivity index (χ2v) is 8.69. The zero-order chi connectivity index (χ0) is 26.7. The van der Waals surface area contributed by atoms with Crippen LogP contribution in [0.4, 0.5) is 0 Å². The molecular formula is C28H24ClNO7. The van der Waals surface area contributed by atoms with E-state index in [0.717, 1.165) is 0 Å². The van der Waals surface area contributed by atoms with Crippen molar-refractivity contribution in [1.29, 1.82) is 0 Å². The molecule has 0 radical (unpaired) electrons. The second-order valence-electron chi connectivity index (χ2n) is 8.28. The Kier molecular flexibility index (Phi) is 7.50. The van der Waals surface area contributed by atoms with Gasteiger partial charge in [0.25, 0.3) is 11.7 Å². The topological polar surface area (TPSA) is 113 Å². The highest BCUT2D eigenvalue weighted by atomic mass is 35.5. The first-order valence-corrected chi connectivity index (χ1v) is 11.8. The Labute approximate surface area is 218 Å². The Morgan fingerprint density at radius 1 is 1.03 bits per heavy atom. The molecule has 8 nitrogen and oxygen atoms in total. The zero-order valence-corrected chi connectivity index (χ0v) is 20.9. The van der Waals surface area contributed by atoms with Crippen molar-refractivity contribution < 1.29 is 34.1 Å². The molecule has 9 heteroatoms. The summed E-state index contributed by atoms with van der Waals surface area (Å²) < 4.78 is 10.2. The highest BCUT2D eigenvalue weighted by molar-refractivity contribution is 6.47. The molecule has 4 rings (SSSR count). The van der Waals surface area contributed by atoms with Crippen LogP contribution in [-0.4, -0.2) is 46.5 Å². The molecule has 0 aliphatic carbocycles. The highest BCUT2D eigenvalue weighted by Crippen LogP contribution is 2.42. The Hall–Kier alpha value is -4.30. The molecule has 0 bridgehead atoms. The van der Waals surface area contributed by atoms with E-state index in [-0.39, 0.29) is 28.5 Å². The molecular weight excluding hydrogens is 498 g/mol. The first-order valence-electron chi connectivity index (χ1n) is 11.4. The molecule has 37 heavy (non-hydrogen) atoms. The summed E-state index contributed by atoms with van der Waals surface area (Å²) >= 11 is 6.36. The summed E-state index contributed by atoms with van der Waals surface area (Å²) in [6.45, 7) is 2.21. The fraction of sp³-hybridized carbons (Fsp3) is 0.179. The maximum absolute atomic E-state index is 13.3. The van der Waals surface area contributed by atoms with Crippen LogP contribution in [0.2, 0.25) is 5.02 Å². The normalized spacial score (nSPS) is 16.6. The molecule has 3 aromatic carbocycles. The molecule has 0 aromatic heterocycles. The molecule has 0 spiro atoms. The lowest BCUT2D eigenvalue weighted by Gasteiger charge is -2.25. The number of Topliss-reactive ketones (excluding diaryl/α,β-unsaturated/α-hetero) is 1. The van der Waals surface area contributed by atoms with Gasteiger partial charge in [0.2, 0.25) is 0 Å². The Morgan fingerprint density at radius 3 is 2.32 bits per heavy atom. The molecule has 190 valence electrons. The molecule has 1 amide bonds. The fourth-order valence-electron chi connectivity index (χ4n) is 4.19. The number of hydrogen-bond acceptors (Lipinski definition) is 7. The number of likely N-dealkylation sites (tertiary alicyclic amines) is 1. The number of carbonyl (C=O) groups excluding carboxylic acids is 3. The van der Waals surface area contributed by atoms with Gasteiger partial charge in [-0.05, 0) is 60.5 Å². The number of aliphatic hydroxyl groups excluding tert-OH is 1. The van der Waals surface area contributed by atoms with Crippen molar-refractivity contribution in [3.8, 4) is 11.5 Å². The van der Waals surface area contributed by atoms with Crippen LogP contribution in [0.1, 0.15) is 40.0 Å². The van der Waals surface area contributed by atoms with Crippen LogP contribution in [0.25, 0.3) is 5.76 Å². The van der Waals surface area contributed by atoms with Gasteiger partial charge in [-0.1, -0.05) is 35.9 Å². The average Bonchev–Trinajstić information content (AvgIpc) is 3.15. The largest absolute Gasteiger partial charge is 0.508 e. The van der Waals surface area contributed by atoms with Crippen molar-refractivity contribution in [2.24, 2.45) is 0 Å². The van der Waals surface area contributed by atoms with Gasteiger partial charge in [0.05, 0.1) is 35.9 Å². The lowest BCUT2D eigenvalue weighted by molar-refractivity contribution is -0.140. The summed E-state index contributed by atoms with van der Waals surface area (Å²) in [5, 5.41) is 21.3. The molecule has 1 fully saturated rings. The standard InChI is InChI=1S/C28H24ClNO7/c1-3-37-20-12-13-22(29)21(14-20)25(32)23-24(17-8-10-19(31)11-9-17)30(27(34)26(23)33)15-16-4-6-18(7-5-16)28(35)36-2/h4-14,24,31-32H,3,15H2,1-2H3/b25-23+. The average molecular weight is 522 g/mol. The van der Waals surface area contributed by atoms with E-state index in [4.69, 9.17) is 21.1 Å². The monoisotopic (exact) mass is 521 g/mol. The van der Waals surface area contributed by atoms with Crippen molar-refractivity contribution in [2.75, 3.05) is 13.7 Å². The number of methoxy groups -OCH3 is 1. The Morgan fingerprint density at radius 2 is 1.70 bits per heavy atom. The minimum absolute atomic E-state index is 0.00607. The number of rotatable bonds is 7. The highest BCUT2D eigenvalue weighted by Gasteiger charge is 2.46. The minimum atomic E-state index is -0.965. The first kappa shape index (κ1) is 25.8. The molecule has 1 saturated heterocycles. The van der Waals surface area contributed by atoms with Crippen molar-refractivity contribution in [3.63, 3.8) is 0 Å². The molecule has 1 atom stereocenters. The number of ketones is 1. The van der Waals surface area contributed by atoms with Gasteiger partial charge in [0.1, 0.15) is 17.3 Å². The number of halogens is 1. The number of phenolic OH excluding ortho intramolecular Hbond substituents is 1. The number of phenols is 1. The van der Waals surface area contributed by atoms with Crippen molar-refractivity contribution in [2.45, 2.75) is 19.5 Å². The van der Waals surface area contributed by atoms with E-state index in [9.17, 15) is 24.6 Å². The van der Waals surface area contributed by atoms with E-state index >= 15 is 0 Å². The van der Waals surface area contributed by atoms with E-state index in [0.29, 0.717) is 29.0 Å². The number of aliphatic hydroxyl groups is 1. The third-order valence-electron chi connectivity index (χ3n) is 5.98. The van der Waals surface area contributed by atoms with E-state index in [1.54, 1.807) is 42.5 Å². The minimum Gasteiger partial charge on any atom is -0.508 e. The number of hydrogen-bond donors (Lipinski definition) is 2. The van der Waals surface area contributed by atoms with Crippen LogP contribution < -0.4 is 4.74 Å². The zero-order valence-electron chi connectivity index (χ0n) is 20.1. The van der Waals surface area contributed by atoms with E-state index in [2.05, 4.69) is 0 Å². The first-order chi connectivity index (χ1) is 17.7. The van der Waals surface area contributed by atoms with Gasteiger partial charge in [-0.25, -0.2) is 4.79 Å². The summed E-state index contributed by atoms with van der Waals surface area (Å²) in [5.41, 5.74) is 1.50. The number of carbonyl (C=O) groups is 3. The van der Waals surface area contributed by atoms with Crippen molar-refractivity contribution >= 4 is 35.0 Å². The van der Waals surface area contributed by atoms with Gasteiger partial charge >= 0.3 is 5.97 Å². The van der Waals surface area contributed by atoms with Crippen LogP contribution in [0.5, 0.6) is 11.5 Å². The second kappa shape index (κ2) is 10.8.